The normalized spacial score (nSPS) is 14.2. The van der Waals surface area contributed by atoms with Crippen molar-refractivity contribution in [1.82, 2.24) is 0 Å². The molecule has 0 bridgehead atoms. The first-order chi connectivity index (χ1) is 6.50. The third kappa shape index (κ3) is 8.03. The standard InChI is InChI=1S/C8H24Si3.C4H12Si/c1-9(2,3)11(7,8)10(4,5)6;1-5(2,3)4/h1-8H3;1-4H3. The van der Waals surface area contributed by atoms with Crippen LogP contribution in [0, 0.1) is 0 Å². The number of hydrogen-bond acceptors (Lipinski definition) is 0. The zero-order chi connectivity index (χ0) is 14.0. The van der Waals surface area contributed by atoms with Gasteiger partial charge in [-0.3, -0.25) is 0 Å². The Morgan fingerprint density at radius 2 is 0.500 bits per heavy atom. The van der Waals surface area contributed by atoms with Crippen LogP contribution in [0.15, 0.2) is 0 Å². The lowest BCUT2D eigenvalue weighted by Crippen LogP contribution is -2.67. The smallest absolute Gasteiger partial charge is 0.0411 e. The van der Waals surface area contributed by atoms with Crippen molar-refractivity contribution in [1.29, 1.82) is 0 Å². The maximum atomic E-state index is 2.62. The molecular formula is C12H36Si4. The van der Waals surface area contributed by atoms with E-state index in [0.29, 0.717) is 0 Å². The Bertz CT molecular complexity index is 179. The van der Waals surface area contributed by atoms with E-state index in [2.05, 4.69) is 78.6 Å². The lowest BCUT2D eigenvalue weighted by Gasteiger charge is -2.45. The largest absolute Gasteiger partial charge is 0.0731 e. The highest BCUT2D eigenvalue weighted by molar-refractivity contribution is 7.68. The van der Waals surface area contributed by atoms with E-state index >= 15 is 0 Å². The molecule has 0 spiro atoms. The molecule has 0 aromatic heterocycles. The molecular weight excluding hydrogens is 256 g/mol. The minimum Gasteiger partial charge on any atom is -0.0731 e. The van der Waals surface area contributed by atoms with Crippen molar-refractivity contribution in [2.24, 2.45) is 0 Å². The van der Waals surface area contributed by atoms with E-state index in [1.165, 1.54) is 0 Å². The van der Waals surface area contributed by atoms with Gasteiger partial charge >= 0.3 is 0 Å². The van der Waals surface area contributed by atoms with E-state index in [9.17, 15) is 0 Å². The zero-order valence-corrected chi connectivity index (χ0v) is 18.0. The molecule has 0 saturated heterocycles. The van der Waals surface area contributed by atoms with E-state index < -0.39 is 30.4 Å². The van der Waals surface area contributed by atoms with Crippen LogP contribution in [0.25, 0.3) is 0 Å². The van der Waals surface area contributed by atoms with Gasteiger partial charge in [0.05, 0.1) is 0 Å². The minimum atomic E-state index is -0.829. The second-order valence-electron chi connectivity index (χ2n) is 9.12. The molecule has 0 nitrogen and oxygen atoms in total. The molecule has 0 fully saturated rings. The zero-order valence-electron chi connectivity index (χ0n) is 14.0. The van der Waals surface area contributed by atoms with Gasteiger partial charge in [0, 0.05) is 30.4 Å². The monoisotopic (exact) mass is 292 g/mol. The van der Waals surface area contributed by atoms with Crippen LogP contribution >= 0.6 is 0 Å². The van der Waals surface area contributed by atoms with Gasteiger partial charge in [-0.2, -0.15) is 0 Å². The van der Waals surface area contributed by atoms with Gasteiger partial charge in [0.15, 0.2) is 0 Å². The third-order valence-corrected chi connectivity index (χ3v) is 47.2. The molecule has 0 N–H and O–H groups in total. The average Bonchev–Trinajstić information content (AvgIpc) is 1.76. The van der Waals surface area contributed by atoms with Crippen LogP contribution in [0.1, 0.15) is 0 Å². The van der Waals surface area contributed by atoms with Gasteiger partial charge in [0.2, 0.25) is 0 Å². The highest BCUT2D eigenvalue weighted by Crippen LogP contribution is 2.28. The first-order valence-corrected chi connectivity index (χ1v) is 22.5. The van der Waals surface area contributed by atoms with Crippen molar-refractivity contribution in [3.63, 3.8) is 0 Å². The molecule has 0 radical (unpaired) electrons. The Morgan fingerprint density at radius 1 is 0.375 bits per heavy atom. The Kier molecular flexibility index (Phi) is 6.81. The number of hydrogen-bond donors (Lipinski definition) is 0. The van der Waals surface area contributed by atoms with E-state index in [-0.39, 0.29) is 0 Å². The molecule has 0 heterocycles. The van der Waals surface area contributed by atoms with Crippen molar-refractivity contribution < 1.29 is 0 Å². The van der Waals surface area contributed by atoms with Gasteiger partial charge in [0.25, 0.3) is 0 Å². The molecule has 100 valence electrons. The van der Waals surface area contributed by atoms with Crippen LogP contribution in [0.5, 0.6) is 0 Å². The molecule has 16 heavy (non-hydrogen) atoms. The Morgan fingerprint density at radius 3 is 0.500 bits per heavy atom. The summed E-state index contributed by atoms with van der Waals surface area (Å²) in [6, 6.07) is 0. The molecule has 0 aliphatic heterocycles. The van der Waals surface area contributed by atoms with Crippen LogP contribution in [0.3, 0.4) is 0 Å². The molecule has 0 aliphatic rings. The van der Waals surface area contributed by atoms with Gasteiger partial charge in [-0.1, -0.05) is 78.6 Å². The minimum absolute atomic E-state index is 0.611. The molecule has 0 rings (SSSR count). The lowest BCUT2D eigenvalue weighted by molar-refractivity contribution is 1.71. The van der Waals surface area contributed by atoms with E-state index in [0.717, 1.165) is 0 Å². The van der Waals surface area contributed by atoms with Crippen molar-refractivity contribution in [3.05, 3.63) is 0 Å². The second kappa shape index (κ2) is 5.67. The van der Waals surface area contributed by atoms with Gasteiger partial charge in [-0.15, -0.1) is 0 Å². The summed E-state index contributed by atoms with van der Waals surface area (Å²) in [5.41, 5.74) is 0. The predicted molar refractivity (Wildman–Crippen MR) is 93.4 cm³/mol. The van der Waals surface area contributed by atoms with Gasteiger partial charge in [0.1, 0.15) is 0 Å². The molecule has 0 aliphatic carbocycles. The summed E-state index contributed by atoms with van der Waals surface area (Å²) in [4.78, 5) is 0. The molecule has 0 amide bonds. The van der Waals surface area contributed by atoms with Crippen molar-refractivity contribution in [2.45, 2.75) is 78.6 Å². The van der Waals surface area contributed by atoms with Crippen LogP contribution in [0.2, 0.25) is 78.6 Å². The summed E-state index contributed by atoms with van der Waals surface area (Å²) in [6.45, 7) is 29.9. The Labute approximate surface area is 109 Å². The lowest BCUT2D eigenvalue weighted by atomic mass is 11.8. The first-order valence-electron chi connectivity index (χ1n) is 6.50. The SMILES string of the molecule is C[Si](C)(C)C.C[Si](C)(C)[Si](C)(C)[Si](C)(C)C. The maximum absolute atomic E-state index is 2.62. The van der Waals surface area contributed by atoms with Crippen LogP contribution < -0.4 is 0 Å². The fourth-order valence-corrected chi connectivity index (χ4v) is 30.4. The van der Waals surface area contributed by atoms with E-state index in [1.54, 1.807) is 0 Å². The van der Waals surface area contributed by atoms with Gasteiger partial charge < -0.3 is 0 Å². The highest BCUT2D eigenvalue weighted by Gasteiger charge is 2.46. The summed E-state index contributed by atoms with van der Waals surface area (Å²) in [5.74, 6) is 0. The fourth-order valence-electron chi connectivity index (χ4n) is 1.12. The highest BCUT2D eigenvalue weighted by atomic mass is 29.6. The quantitative estimate of drug-likeness (QED) is 0.591. The van der Waals surface area contributed by atoms with Crippen molar-refractivity contribution >= 4 is 30.4 Å². The van der Waals surface area contributed by atoms with Crippen molar-refractivity contribution in [3.8, 4) is 0 Å². The van der Waals surface area contributed by atoms with Crippen LogP contribution in [0.4, 0.5) is 0 Å². The Balaban J connectivity index is 0. The summed E-state index contributed by atoms with van der Waals surface area (Å²) in [7, 11) is -3.08. The van der Waals surface area contributed by atoms with Gasteiger partial charge in [-0.05, 0) is 0 Å². The molecule has 4 heteroatoms. The van der Waals surface area contributed by atoms with Gasteiger partial charge in [-0.25, -0.2) is 0 Å². The molecule has 0 aromatic carbocycles. The molecule has 0 atom stereocenters. The Hall–Kier alpha value is 0.868. The molecule has 0 unspecified atom stereocenters. The topological polar surface area (TPSA) is 0 Å². The summed E-state index contributed by atoms with van der Waals surface area (Å²) in [6.07, 6.45) is 0. The van der Waals surface area contributed by atoms with Crippen molar-refractivity contribution in [2.75, 3.05) is 0 Å². The summed E-state index contributed by atoms with van der Waals surface area (Å²) >= 11 is 0. The predicted octanol–water partition coefficient (Wildman–Crippen LogP) is 5.48. The molecule has 0 aromatic rings. The summed E-state index contributed by atoms with van der Waals surface area (Å²) < 4.78 is 0. The first kappa shape index (κ1) is 19.2. The van der Waals surface area contributed by atoms with E-state index in [1.807, 2.05) is 0 Å². The second-order valence-corrected chi connectivity index (χ2v) is 45.4. The van der Waals surface area contributed by atoms with Crippen LogP contribution in [-0.4, -0.2) is 30.4 Å². The fraction of sp³-hybridized carbons (Fsp3) is 1.00. The maximum Gasteiger partial charge on any atom is 0.0411 e. The summed E-state index contributed by atoms with van der Waals surface area (Å²) in [5, 5.41) is 0. The molecule has 0 saturated carbocycles. The number of rotatable bonds is 2. The average molecular weight is 293 g/mol. The third-order valence-electron chi connectivity index (χ3n) is 3.75. The van der Waals surface area contributed by atoms with Crippen LogP contribution in [-0.2, 0) is 0 Å². The van der Waals surface area contributed by atoms with E-state index in [4.69, 9.17) is 0 Å².